The van der Waals surface area contributed by atoms with Crippen molar-refractivity contribution >= 4 is 47.4 Å². The van der Waals surface area contributed by atoms with Crippen LogP contribution in [0.3, 0.4) is 0 Å². The van der Waals surface area contributed by atoms with Crippen LogP contribution in [0, 0.1) is 0 Å². The molecule has 3 rings (SSSR count). The molecule has 162 valence electrons. The lowest BCUT2D eigenvalue weighted by Gasteiger charge is -2.37. The first-order chi connectivity index (χ1) is 13.6. The standard InChI is InChI=1S/C20H29ClN4O3.HI/c1-3-27-18-13-16(21)7-6-15(18)14-23-20(22-2)25-10-8-24(9-11-25)19(26)17-5-4-12-28-17;/h6-7,13,17H,3-5,8-12,14H2,1-2H3,(H,22,23);1H. The first kappa shape index (κ1) is 24.0. The van der Waals surface area contributed by atoms with Gasteiger partial charge in [-0.05, 0) is 31.9 Å². The average Bonchev–Trinajstić information content (AvgIpc) is 3.25. The normalized spacial score (nSPS) is 19.7. The molecule has 0 bridgehead atoms. The molecule has 1 atom stereocenters. The number of halogens is 2. The number of rotatable bonds is 5. The van der Waals surface area contributed by atoms with Gasteiger partial charge in [0.25, 0.3) is 5.91 Å². The van der Waals surface area contributed by atoms with E-state index in [1.807, 2.05) is 30.0 Å². The fourth-order valence-corrected chi connectivity index (χ4v) is 3.75. The molecule has 0 aromatic heterocycles. The summed E-state index contributed by atoms with van der Waals surface area (Å²) in [6, 6.07) is 5.66. The van der Waals surface area contributed by atoms with Gasteiger partial charge >= 0.3 is 0 Å². The summed E-state index contributed by atoms with van der Waals surface area (Å²) < 4.78 is 11.2. The minimum Gasteiger partial charge on any atom is -0.493 e. The number of ether oxygens (including phenoxy) is 2. The fraction of sp³-hybridized carbons (Fsp3) is 0.600. The Labute approximate surface area is 194 Å². The zero-order valence-electron chi connectivity index (χ0n) is 17.0. The number of carbonyl (C=O) groups excluding carboxylic acids is 1. The molecule has 0 saturated carbocycles. The van der Waals surface area contributed by atoms with Crippen LogP contribution in [0.1, 0.15) is 25.3 Å². The van der Waals surface area contributed by atoms with Gasteiger partial charge in [-0.1, -0.05) is 17.7 Å². The number of nitrogens with one attached hydrogen (secondary N) is 1. The highest BCUT2D eigenvalue weighted by molar-refractivity contribution is 14.0. The highest BCUT2D eigenvalue weighted by Crippen LogP contribution is 2.23. The Bertz CT molecular complexity index is 705. The van der Waals surface area contributed by atoms with Gasteiger partial charge in [-0.25, -0.2) is 0 Å². The van der Waals surface area contributed by atoms with Gasteiger partial charge in [0.15, 0.2) is 5.96 Å². The lowest BCUT2D eigenvalue weighted by molar-refractivity contribution is -0.142. The molecular formula is C20H30ClIN4O3. The molecule has 0 spiro atoms. The van der Waals surface area contributed by atoms with Crippen molar-refractivity contribution in [3.8, 4) is 5.75 Å². The van der Waals surface area contributed by atoms with Crippen molar-refractivity contribution in [1.82, 2.24) is 15.1 Å². The Morgan fingerprint density at radius 1 is 1.31 bits per heavy atom. The Kier molecular flexibility index (Phi) is 9.78. The summed E-state index contributed by atoms with van der Waals surface area (Å²) in [5, 5.41) is 4.05. The predicted octanol–water partition coefficient (Wildman–Crippen LogP) is 2.76. The van der Waals surface area contributed by atoms with E-state index in [1.54, 1.807) is 7.05 Å². The highest BCUT2D eigenvalue weighted by Gasteiger charge is 2.30. The summed E-state index contributed by atoms with van der Waals surface area (Å²) in [6.45, 7) is 6.69. The Hall–Kier alpha value is -1.26. The van der Waals surface area contributed by atoms with Crippen molar-refractivity contribution in [2.45, 2.75) is 32.4 Å². The molecule has 9 heteroatoms. The summed E-state index contributed by atoms with van der Waals surface area (Å²) in [7, 11) is 1.78. The summed E-state index contributed by atoms with van der Waals surface area (Å²) in [4.78, 5) is 21.0. The van der Waals surface area contributed by atoms with Gasteiger partial charge in [-0.3, -0.25) is 9.79 Å². The van der Waals surface area contributed by atoms with Crippen LogP contribution < -0.4 is 10.1 Å². The minimum atomic E-state index is -0.245. The van der Waals surface area contributed by atoms with E-state index in [-0.39, 0.29) is 36.0 Å². The third kappa shape index (κ3) is 6.36. The number of aliphatic imine (C=N–C) groups is 1. The number of carbonyl (C=O) groups is 1. The monoisotopic (exact) mass is 536 g/mol. The van der Waals surface area contributed by atoms with Crippen LogP contribution in [0.2, 0.25) is 5.02 Å². The van der Waals surface area contributed by atoms with Crippen LogP contribution in [0.15, 0.2) is 23.2 Å². The fourth-order valence-electron chi connectivity index (χ4n) is 3.59. The number of hydrogen-bond acceptors (Lipinski definition) is 4. The molecule has 1 N–H and O–H groups in total. The van der Waals surface area contributed by atoms with Crippen molar-refractivity contribution in [1.29, 1.82) is 0 Å². The zero-order valence-corrected chi connectivity index (χ0v) is 20.1. The summed E-state index contributed by atoms with van der Waals surface area (Å²) >= 11 is 6.08. The van der Waals surface area contributed by atoms with Gasteiger partial charge in [0.2, 0.25) is 0 Å². The number of amides is 1. The summed E-state index contributed by atoms with van der Waals surface area (Å²) in [5.41, 5.74) is 1.03. The maximum atomic E-state index is 12.5. The molecular weight excluding hydrogens is 507 g/mol. The van der Waals surface area contributed by atoms with E-state index in [0.717, 1.165) is 43.2 Å². The number of piperazine rings is 1. The molecule has 7 nitrogen and oxygen atoms in total. The minimum absolute atomic E-state index is 0. The molecule has 1 unspecified atom stereocenters. The van der Waals surface area contributed by atoms with Crippen LogP contribution >= 0.6 is 35.6 Å². The maximum absolute atomic E-state index is 12.5. The average molecular weight is 537 g/mol. The topological polar surface area (TPSA) is 66.4 Å². The van der Waals surface area contributed by atoms with Crippen molar-refractivity contribution in [3.63, 3.8) is 0 Å². The SMILES string of the molecule is CCOc1cc(Cl)ccc1CNC(=NC)N1CCN(C(=O)C2CCCO2)CC1.I. The van der Waals surface area contributed by atoms with E-state index in [4.69, 9.17) is 21.1 Å². The van der Waals surface area contributed by atoms with Gasteiger partial charge in [-0.2, -0.15) is 0 Å². The number of nitrogens with zero attached hydrogens (tertiary/aromatic N) is 3. The second-order valence-electron chi connectivity index (χ2n) is 6.90. The molecule has 1 aromatic carbocycles. The lowest BCUT2D eigenvalue weighted by Crippen LogP contribution is -2.55. The Morgan fingerprint density at radius 2 is 2.03 bits per heavy atom. The quantitative estimate of drug-likeness (QED) is 0.356. The van der Waals surface area contributed by atoms with Crippen LogP contribution in [-0.4, -0.2) is 74.2 Å². The van der Waals surface area contributed by atoms with Crippen LogP contribution in [0.5, 0.6) is 5.75 Å². The molecule has 29 heavy (non-hydrogen) atoms. The van der Waals surface area contributed by atoms with E-state index in [2.05, 4.69) is 15.2 Å². The maximum Gasteiger partial charge on any atom is 0.251 e. The number of benzene rings is 1. The Balaban J connectivity index is 0.00000300. The summed E-state index contributed by atoms with van der Waals surface area (Å²) in [5.74, 6) is 1.73. The van der Waals surface area contributed by atoms with Gasteiger partial charge in [0.05, 0.1) is 6.61 Å². The molecule has 2 aliphatic heterocycles. The molecule has 1 aromatic rings. The van der Waals surface area contributed by atoms with Gasteiger partial charge in [0, 0.05) is 57.0 Å². The van der Waals surface area contributed by atoms with Crippen LogP contribution in [0.25, 0.3) is 0 Å². The van der Waals surface area contributed by atoms with Crippen molar-refractivity contribution in [2.24, 2.45) is 4.99 Å². The molecule has 2 fully saturated rings. The smallest absolute Gasteiger partial charge is 0.251 e. The van der Waals surface area contributed by atoms with E-state index in [9.17, 15) is 4.79 Å². The highest BCUT2D eigenvalue weighted by atomic mass is 127. The number of hydrogen-bond donors (Lipinski definition) is 1. The number of guanidine groups is 1. The van der Waals surface area contributed by atoms with Gasteiger partial charge < -0.3 is 24.6 Å². The second kappa shape index (κ2) is 11.8. The molecule has 0 aliphatic carbocycles. The second-order valence-corrected chi connectivity index (χ2v) is 7.34. The lowest BCUT2D eigenvalue weighted by atomic mass is 10.2. The third-order valence-electron chi connectivity index (χ3n) is 5.07. The Morgan fingerprint density at radius 3 is 2.66 bits per heavy atom. The van der Waals surface area contributed by atoms with Gasteiger partial charge in [0.1, 0.15) is 11.9 Å². The van der Waals surface area contributed by atoms with E-state index in [1.165, 1.54) is 0 Å². The van der Waals surface area contributed by atoms with E-state index >= 15 is 0 Å². The molecule has 2 aliphatic rings. The molecule has 2 saturated heterocycles. The van der Waals surface area contributed by atoms with Crippen molar-refractivity contribution < 1.29 is 14.3 Å². The zero-order chi connectivity index (χ0) is 19.9. The molecule has 1 amide bonds. The van der Waals surface area contributed by atoms with Crippen molar-refractivity contribution in [2.75, 3.05) is 46.4 Å². The molecule has 0 radical (unpaired) electrons. The van der Waals surface area contributed by atoms with Crippen LogP contribution in [-0.2, 0) is 16.1 Å². The van der Waals surface area contributed by atoms with Crippen molar-refractivity contribution in [3.05, 3.63) is 28.8 Å². The van der Waals surface area contributed by atoms with E-state index < -0.39 is 0 Å². The van der Waals surface area contributed by atoms with E-state index in [0.29, 0.717) is 37.9 Å². The first-order valence-electron chi connectivity index (χ1n) is 9.89. The van der Waals surface area contributed by atoms with Crippen LogP contribution in [0.4, 0.5) is 0 Å². The summed E-state index contributed by atoms with van der Waals surface area (Å²) in [6.07, 6.45) is 1.57. The van der Waals surface area contributed by atoms with Gasteiger partial charge in [-0.15, -0.1) is 24.0 Å². The third-order valence-corrected chi connectivity index (χ3v) is 5.31. The largest absolute Gasteiger partial charge is 0.493 e. The predicted molar refractivity (Wildman–Crippen MR) is 125 cm³/mol. The first-order valence-corrected chi connectivity index (χ1v) is 10.3. The molecule has 2 heterocycles.